The van der Waals surface area contributed by atoms with E-state index >= 15 is 0 Å². The molecule has 0 saturated heterocycles. The smallest absolute Gasteiger partial charge is 0.137 e. The van der Waals surface area contributed by atoms with Gasteiger partial charge in [0.05, 0.1) is 29.2 Å². The Hall–Kier alpha value is -1.21. The van der Waals surface area contributed by atoms with E-state index in [1.807, 2.05) is 13.8 Å². The number of rotatable bonds is 1. The van der Waals surface area contributed by atoms with Crippen LogP contribution in [-0.4, -0.2) is 13.2 Å². The van der Waals surface area contributed by atoms with Crippen molar-refractivity contribution in [3.8, 4) is 17.6 Å². The number of benzene rings is 1. The first-order chi connectivity index (χ1) is 8.56. The van der Waals surface area contributed by atoms with Gasteiger partial charge in [-0.1, -0.05) is 0 Å². The van der Waals surface area contributed by atoms with Crippen molar-refractivity contribution in [2.45, 2.75) is 32.1 Å². The van der Waals surface area contributed by atoms with Gasteiger partial charge < -0.3 is 9.47 Å². The van der Waals surface area contributed by atoms with Crippen molar-refractivity contribution in [2.75, 3.05) is 13.2 Å². The van der Waals surface area contributed by atoms with Crippen molar-refractivity contribution in [1.82, 2.24) is 0 Å². The van der Waals surface area contributed by atoms with Gasteiger partial charge >= 0.3 is 0 Å². The third-order valence-corrected chi connectivity index (χ3v) is 4.48. The van der Waals surface area contributed by atoms with Gasteiger partial charge in [0, 0.05) is 29.5 Å². The molecule has 94 valence electrons. The zero-order valence-electron chi connectivity index (χ0n) is 10.5. The quantitative estimate of drug-likeness (QED) is 0.800. The third-order valence-electron chi connectivity index (χ3n) is 3.64. The van der Waals surface area contributed by atoms with E-state index in [-0.39, 0.29) is 0 Å². The summed E-state index contributed by atoms with van der Waals surface area (Å²) in [6.45, 7) is 5.25. The van der Waals surface area contributed by atoms with Gasteiger partial charge in [-0.05, 0) is 29.8 Å². The Labute approximate surface area is 115 Å². The van der Waals surface area contributed by atoms with Gasteiger partial charge in [-0.2, -0.15) is 5.26 Å². The van der Waals surface area contributed by atoms with Crippen molar-refractivity contribution < 1.29 is 9.47 Å². The van der Waals surface area contributed by atoms with Crippen LogP contribution in [0.5, 0.6) is 11.5 Å². The van der Waals surface area contributed by atoms with Crippen molar-refractivity contribution >= 4 is 15.9 Å². The summed E-state index contributed by atoms with van der Waals surface area (Å²) in [7, 11) is 0. The minimum Gasteiger partial charge on any atom is -0.493 e. The van der Waals surface area contributed by atoms with Crippen molar-refractivity contribution in [1.29, 1.82) is 5.26 Å². The second-order valence-corrected chi connectivity index (χ2v) is 6.03. The van der Waals surface area contributed by atoms with Gasteiger partial charge in [-0.15, -0.1) is 0 Å². The van der Waals surface area contributed by atoms with Crippen LogP contribution in [0.1, 0.15) is 30.5 Å². The first-order valence-corrected chi connectivity index (χ1v) is 6.90. The average molecular weight is 308 g/mol. The van der Waals surface area contributed by atoms with E-state index in [4.69, 9.17) is 9.47 Å². The number of nitrogens with zero attached hydrogens (tertiary/aromatic N) is 1. The summed E-state index contributed by atoms with van der Waals surface area (Å²) < 4.78 is 12.5. The SMILES string of the molecule is CC(C)(C#N)c1c2c(c(Br)c3c1OCC3)OCC2. The molecule has 2 aliphatic heterocycles. The summed E-state index contributed by atoms with van der Waals surface area (Å²) in [4.78, 5) is 0. The van der Waals surface area contributed by atoms with Gasteiger partial charge in [0.2, 0.25) is 0 Å². The molecule has 0 saturated carbocycles. The predicted molar refractivity (Wildman–Crippen MR) is 71.2 cm³/mol. The highest BCUT2D eigenvalue weighted by molar-refractivity contribution is 9.10. The lowest BCUT2D eigenvalue weighted by molar-refractivity contribution is 0.349. The van der Waals surface area contributed by atoms with E-state index in [0.29, 0.717) is 13.2 Å². The molecule has 0 atom stereocenters. The molecule has 0 N–H and O–H groups in total. The molecule has 1 aromatic rings. The van der Waals surface area contributed by atoms with Crippen LogP contribution in [0.4, 0.5) is 0 Å². The number of hydrogen-bond acceptors (Lipinski definition) is 3. The van der Waals surface area contributed by atoms with Gasteiger partial charge in [-0.25, -0.2) is 0 Å². The van der Waals surface area contributed by atoms with Crippen LogP contribution in [0.3, 0.4) is 0 Å². The second kappa shape index (κ2) is 3.89. The normalized spacial score (nSPS) is 16.6. The summed E-state index contributed by atoms with van der Waals surface area (Å²) in [5, 5.41) is 9.42. The molecular weight excluding hydrogens is 294 g/mol. The standard InChI is InChI=1S/C14H14BrNO2/c1-14(2,7-16)10-8-3-5-18-13(8)11(15)9-4-6-17-12(9)10/h3-6H2,1-2H3. The maximum atomic E-state index is 9.42. The van der Waals surface area contributed by atoms with E-state index in [1.54, 1.807) is 0 Å². The lowest BCUT2D eigenvalue weighted by atomic mass is 9.80. The number of fused-ring (bicyclic) bond motifs is 2. The van der Waals surface area contributed by atoms with Crippen molar-refractivity contribution in [3.63, 3.8) is 0 Å². The van der Waals surface area contributed by atoms with Crippen LogP contribution >= 0.6 is 15.9 Å². The van der Waals surface area contributed by atoms with Crippen molar-refractivity contribution in [3.05, 3.63) is 21.2 Å². The summed E-state index contributed by atoms with van der Waals surface area (Å²) in [6, 6.07) is 2.39. The molecule has 18 heavy (non-hydrogen) atoms. The zero-order chi connectivity index (χ0) is 12.9. The zero-order valence-corrected chi connectivity index (χ0v) is 12.1. The van der Waals surface area contributed by atoms with Gasteiger partial charge in [0.15, 0.2) is 0 Å². The van der Waals surface area contributed by atoms with Crippen LogP contribution in [0.25, 0.3) is 0 Å². The molecule has 0 bridgehead atoms. The Morgan fingerprint density at radius 2 is 1.72 bits per heavy atom. The molecule has 0 radical (unpaired) electrons. The molecule has 0 aliphatic carbocycles. The molecule has 0 fully saturated rings. The number of hydrogen-bond donors (Lipinski definition) is 0. The third kappa shape index (κ3) is 1.47. The predicted octanol–water partition coefficient (Wildman–Crippen LogP) is 3.12. The first-order valence-electron chi connectivity index (χ1n) is 6.11. The monoisotopic (exact) mass is 307 g/mol. The lowest BCUT2D eigenvalue weighted by Gasteiger charge is -2.23. The van der Waals surface area contributed by atoms with E-state index in [9.17, 15) is 5.26 Å². The van der Waals surface area contributed by atoms with Gasteiger partial charge in [0.25, 0.3) is 0 Å². The summed E-state index contributed by atoms with van der Waals surface area (Å²) in [5.74, 6) is 1.82. The molecule has 0 spiro atoms. The van der Waals surface area contributed by atoms with Crippen LogP contribution in [-0.2, 0) is 18.3 Å². The van der Waals surface area contributed by atoms with Crippen LogP contribution in [0.15, 0.2) is 4.47 Å². The highest BCUT2D eigenvalue weighted by Crippen LogP contribution is 2.50. The van der Waals surface area contributed by atoms with Gasteiger partial charge in [-0.3, -0.25) is 0 Å². The van der Waals surface area contributed by atoms with Crippen LogP contribution in [0.2, 0.25) is 0 Å². The Morgan fingerprint density at radius 3 is 2.39 bits per heavy atom. The fourth-order valence-corrected chi connectivity index (χ4v) is 3.50. The van der Waals surface area contributed by atoms with Gasteiger partial charge in [0.1, 0.15) is 11.5 Å². The van der Waals surface area contributed by atoms with E-state index in [2.05, 4.69) is 22.0 Å². The molecule has 0 aromatic heterocycles. The number of ether oxygens (including phenoxy) is 2. The summed E-state index contributed by atoms with van der Waals surface area (Å²) >= 11 is 3.62. The fourth-order valence-electron chi connectivity index (χ4n) is 2.77. The minimum absolute atomic E-state index is 0.549. The lowest BCUT2D eigenvalue weighted by Crippen LogP contribution is -2.17. The van der Waals surface area contributed by atoms with E-state index < -0.39 is 5.41 Å². The average Bonchev–Trinajstić information content (AvgIpc) is 2.97. The van der Waals surface area contributed by atoms with E-state index in [0.717, 1.165) is 45.5 Å². The maximum Gasteiger partial charge on any atom is 0.137 e. The van der Waals surface area contributed by atoms with Crippen molar-refractivity contribution in [2.24, 2.45) is 0 Å². The minimum atomic E-state index is -0.549. The molecule has 3 nitrogen and oxygen atoms in total. The molecule has 0 unspecified atom stereocenters. The van der Waals surface area contributed by atoms with Crippen LogP contribution < -0.4 is 9.47 Å². The highest BCUT2D eigenvalue weighted by atomic mass is 79.9. The molecule has 2 heterocycles. The largest absolute Gasteiger partial charge is 0.493 e. The maximum absolute atomic E-state index is 9.42. The molecule has 3 rings (SSSR count). The molecule has 1 aromatic carbocycles. The molecule has 2 aliphatic rings. The number of nitriles is 1. The Kier molecular flexibility index (Phi) is 2.56. The highest BCUT2D eigenvalue weighted by Gasteiger charge is 2.37. The molecule has 4 heteroatoms. The molecule has 0 amide bonds. The van der Waals surface area contributed by atoms with Crippen LogP contribution in [0, 0.1) is 11.3 Å². The Morgan fingerprint density at radius 1 is 1.11 bits per heavy atom. The fraction of sp³-hybridized carbons (Fsp3) is 0.500. The first kappa shape index (κ1) is 11.9. The van der Waals surface area contributed by atoms with E-state index in [1.165, 1.54) is 0 Å². The Bertz CT molecular complexity index is 537. The Balaban J connectivity index is 2.36. The second-order valence-electron chi connectivity index (χ2n) is 5.24. The molecular formula is C14H14BrNO2. The summed E-state index contributed by atoms with van der Waals surface area (Å²) in [6.07, 6.45) is 1.73. The summed E-state index contributed by atoms with van der Waals surface area (Å²) in [5.41, 5.74) is 2.75. The number of halogens is 1. The topological polar surface area (TPSA) is 42.2 Å².